The van der Waals surface area contributed by atoms with Crippen LogP contribution < -0.4 is 10.5 Å². The second-order valence-electron chi connectivity index (χ2n) is 7.90. The van der Waals surface area contributed by atoms with Crippen LogP contribution in [0.2, 0.25) is 0 Å². The van der Waals surface area contributed by atoms with Crippen molar-refractivity contribution < 1.29 is 4.79 Å². The predicted octanol–water partition coefficient (Wildman–Crippen LogP) is 2.19. The van der Waals surface area contributed by atoms with Crippen LogP contribution >= 0.6 is 0 Å². The van der Waals surface area contributed by atoms with Crippen LogP contribution in [0.25, 0.3) is 21.8 Å². The first-order valence-electron chi connectivity index (χ1n) is 10.5. The molecule has 0 saturated carbocycles. The average Bonchev–Trinajstić information content (AvgIpc) is 3.16. The molecule has 0 bridgehead atoms. The number of hydrogen-bond donors (Lipinski definition) is 0. The van der Waals surface area contributed by atoms with Crippen molar-refractivity contribution in [1.82, 2.24) is 24.2 Å². The Morgan fingerprint density at radius 3 is 2.48 bits per heavy atom. The van der Waals surface area contributed by atoms with E-state index in [-0.39, 0.29) is 11.5 Å². The maximum atomic E-state index is 13.5. The number of para-hydroxylation sites is 1. The van der Waals surface area contributed by atoms with Crippen LogP contribution in [0.4, 0.5) is 5.82 Å². The minimum atomic E-state index is -0.501. The molecular formula is C23H24N6O2. The third-order valence-corrected chi connectivity index (χ3v) is 6.12. The maximum Gasteiger partial charge on any atom is 0.291 e. The van der Waals surface area contributed by atoms with Crippen molar-refractivity contribution in [1.29, 1.82) is 0 Å². The Hall–Kier alpha value is -3.68. The molecule has 1 fully saturated rings. The second kappa shape index (κ2) is 7.54. The van der Waals surface area contributed by atoms with Gasteiger partial charge in [-0.15, -0.1) is 0 Å². The minimum absolute atomic E-state index is 0.0159. The van der Waals surface area contributed by atoms with Crippen LogP contribution in [0.5, 0.6) is 0 Å². The van der Waals surface area contributed by atoms with Gasteiger partial charge >= 0.3 is 0 Å². The number of carbonyl (C=O) groups is 1. The smallest absolute Gasteiger partial charge is 0.291 e. The molecular weight excluding hydrogens is 392 g/mol. The highest BCUT2D eigenvalue weighted by Crippen LogP contribution is 2.30. The number of fused-ring (bicyclic) bond motifs is 3. The zero-order valence-electron chi connectivity index (χ0n) is 17.6. The van der Waals surface area contributed by atoms with E-state index in [1.54, 1.807) is 19.4 Å². The van der Waals surface area contributed by atoms with Crippen molar-refractivity contribution in [2.24, 2.45) is 7.05 Å². The Labute approximate surface area is 179 Å². The number of nitrogens with zero attached hydrogens (tertiary/aromatic N) is 6. The van der Waals surface area contributed by atoms with E-state index in [2.05, 4.69) is 15.0 Å². The summed E-state index contributed by atoms with van der Waals surface area (Å²) >= 11 is 0. The average molecular weight is 416 g/mol. The first kappa shape index (κ1) is 19.3. The van der Waals surface area contributed by atoms with E-state index >= 15 is 0 Å². The van der Waals surface area contributed by atoms with Crippen LogP contribution in [0.15, 0.2) is 59.7 Å². The fourth-order valence-electron chi connectivity index (χ4n) is 4.46. The normalized spacial score (nSPS) is 15.5. The molecule has 5 rings (SSSR count). The monoisotopic (exact) mass is 416 g/mol. The first-order valence-corrected chi connectivity index (χ1v) is 10.5. The third kappa shape index (κ3) is 3.15. The van der Waals surface area contributed by atoms with Gasteiger partial charge in [-0.05, 0) is 25.1 Å². The molecule has 0 unspecified atom stereocenters. The van der Waals surface area contributed by atoms with E-state index in [0.717, 1.165) is 35.2 Å². The summed E-state index contributed by atoms with van der Waals surface area (Å²) in [5.41, 5.74) is 1.19. The molecule has 1 atom stereocenters. The first-order chi connectivity index (χ1) is 15.1. The lowest BCUT2D eigenvalue weighted by Gasteiger charge is -2.36. The van der Waals surface area contributed by atoms with Gasteiger partial charge in [0.2, 0.25) is 5.91 Å². The van der Waals surface area contributed by atoms with Gasteiger partial charge in [-0.2, -0.15) is 5.10 Å². The summed E-state index contributed by atoms with van der Waals surface area (Å²) in [6, 6.07) is 13.2. The van der Waals surface area contributed by atoms with Crippen LogP contribution in [-0.4, -0.2) is 56.3 Å². The van der Waals surface area contributed by atoms with Gasteiger partial charge in [0, 0.05) is 50.2 Å². The molecule has 8 nitrogen and oxygen atoms in total. The van der Waals surface area contributed by atoms with E-state index in [1.807, 2.05) is 58.9 Å². The fraction of sp³-hybridized carbons (Fsp3) is 0.304. The summed E-state index contributed by atoms with van der Waals surface area (Å²) in [6.07, 6.45) is 3.49. The summed E-state index contributed by atoms with van der Waals surface area (Å²) in [7, 11) is 1.63. The molecule has 31 heavy (non-hydrogen) atoms. The molecule has 3 aromatic heterocycles. The number of anilines is 1. The fourth-order valence-corrected chi connectivity index (χ4v) is 4.46. The molecule has 1 aliphatic rings. The van der Waals surface area contributed by atoms with E-state index in [1.165, 1.54) is 4.68 Å². The highest BCUT2D eigenvalue weighted by Gasteiger charge is 2.29. The van der Waals surface area contributed by atoms with Gasteiger partial charge in [0.05, 0.1) is 11.7 Å². The van der Waals surface area contributed by atoms with Crippen molar-refractivity contribution in [2.45, 2.75) is 13.0 Å². The lowest BCUT2D eigenvalue weighted by molar-refractivity contribution is -0.134. The van der Waals surface area contributed by atoms with Crippen molar-refractivity contribution in [2.75, 3.05) is 31.1 Å². The molecule has 4 heterocycles. The van der Waals surface area contributed by atoms with E-state index in [4.69, 9.17) is 0 Å². The van der Waals surface area contributed by atoms with Crippen LogP contribution in [0.3, 0.4) is 0 Å². The van der Waals surface area contributed by atoms with Crippen LogP contribution in [0.1, 0.15) is 13.0 Å². The summed E-state index contributed by atoms with van der Waals surface area (Å²) in [6.45, 7) is 4.58. The standard InChI is InChI=1S/C23H24N6O2/c1-16(22(30)28-13-11-27(12-14-28)20-9-5-6-10-24-20)29-19-8-4-3-7-17(19)18-15-25-26(2)23(31)21(18)29/h3-10,15-16H,11-14H2,1-2H3/t16-/m1/s1. The largest absolute Gasteiger partial charge is 0.353 e. The second-order valence-corrected chi connectivity index (χ2v) is 7.90. The number of pyridine rings is 1. The molecule has 1 aromatic carbocycles. The van der Waals surface area contributed by atoms with Gasteiger partial charge in [-0.3, -0.25) is 9.59 Å². The van der Waals surface area contributed by atoms with Gasteiger partial charge in [-0.25, -0.2) is 9.67 Å². The molecule has 4 aromatic rings. The Balaban J connectivity index is 1.48. The Morgan fingerprint density at radius 2 is 1.74 bits per heavy atom. The number of piperazine rings is 1. The number of aryl methyl sites for hydroxylation is 1. The Morgan fingerprint density at radius 1 is 1.00 bits per heavy atom. The summed E-state index contributed by atoms with van der Waals surface area (Å²) in [5, 5.41) is 5.89. The van der Waals surface area contributed by atoms with Gasteiger partial charge in [-0.1, -0.05) is 24.3 Å². The number of amides is 1. The molecule has 1 saturated heterocycles. The van der Waals surface area contributed by atoms with Crippen LogP contribution in [-0.2, 0) is 11.8 Å². The Bertz CT molecular complexity index is 1320. The lowest BCUT2D eigenvalue weighted by Crippen LogP contribution is -2.50. The third-order valence-electron chi connectivity index (χ3n) is 6.12. The molecule has 158 valence electrons. The molecule has 0 N–H and O–H groups in total. The molecule has 1 aliphatic heterocycles. The number of benzene rings is 1. The maximum absolute atomic E-state index is 13.5. The Kier molecular flexibility index (Phi) is 4.69. The highest BCUT2D eigenvalue weighted by molar-refractivity contribution is 6.08. The molecule has 0 aliphatic carbocycles. The summed E-state index contributed by atoms with van der Waals surface area (Å²) in [5.74, 6) is 0.947. The topological polar surface area (TPSA) is 76.3 Å². The zero-order chi connectivity index (χ0) is 21.5. The van der Waals surface area contributed by atoms with Gasteiger partial charge < -0.3 is 14.4 Å². The van der Waals surface area contributed by atoms with Gasteiger partial charge in [0.25, 0.3) is 5.56 Å². The van der Waals surface area contributed by atoms with Gasteiger partial charge in [0.15, 0.2) is 0 Å². The number of carbonyl (C=O) groups excluding carboxylic acids is 1. The zero-order valence-corrected chi connectivity index (χ0v) is 17.6. The van der Waals surface area contributed by atoms with Crippen molar-refractivity contribution >= 4 is 33.5 Å². The van der Waals surface area contributed by atoms with E-state index in [0.29, 0.717) is 18.6 Å². The minimum Gasteiger partial charge on any atom is -0.353 e. The SMILES string of the molecule is C[C@H](C(=O)N1CCN(c2ccccn2)CC1)n1c2ccccc2c2cnn(C)c(=O)c21. The predicted molar refractivity (Wildman–Crippen MR) is 120 cm³/mol. The van der Waals surface area contributed by atoms with E-state index < -0.39 is 6.04 Å². The van der Waals surface area contributed by atoms with Crippen molar-refractivity contribution in [3.05, 3.63) is 65.2 Å². The highest BCUT2D eigenvalue weighted by atomic mass is 16.2. The summed E-state index contributed by atoms with van der Waals surface area (Å²) < 4.78 is 3.20. The number of rotatable bonds is 3. The van der Waals surface area contributed by atoms with Gasteiger partial charge in [0.1, 0.15) is 17.4 Å². The number of aromatic nitrogens is 4. The molecule has 0 spiro atoms. The van der Waals surface area contributed by atoms with Crippen molar-refractivity contribution in [3.63, 3.8) is 0 Å². The summed E-state index contributed by atoms with van der Waals surface area (Å²) in [4.78, 5) is 34.9. The van der Waals surface area contributed by atoms with Crippen LogP contribution in [0, 0.1) is 0 Å². The lowest BCUT2D eigenvalue weighted by atomic mass is 10.2. The van der Waals surface area contributed by atoms with Crippen molar-refractivity contribution in [3.8, 4) is 0 Å². The molecule has 8 heteroatoms. The molecule has 1 amide bonds. The number of hydrogen-bond acceptors (Lipinski definition) is 5. The van der Waals surface area contributed by atoms with E-state index in [9.17, 15) is 9.59 Å². The quantitative estimate of drug-likeness (QED) is 0.512. The molecule has 0 radical (unpaired) electrons.